The first-order valence-electron chi connectivity index (χ1n) is 9.05. The molecule has 2 heterocycles. The zero-order valence-electron chi connectivity index (χ0n) is 15.6. The third-order valence-electron chi connectivity index (χ3n) is 4.62. The molecule has 2 amide bonds. The minimum Gasteiger partial charge on any atom is -0.495 e. The molecule has 7 heteroatoms. The van der Waals surface area contributed by atoms with Crippen molar-refractivity contribution in [1.29, 1.82) is 0 Å². The first-order chi connectivity index (χ1) is 13.1. The molecule has 0 radical (unpaired) electrons. The number of rotatable bonds is 5. The highest BCUT2D eigenvalue weighted by molar-refractivity contribution is 6.08. The third-order valence-corrected chi connectivity index (χ3v) is 4.62. The minimum absolute atomic E-state index is 0.233. The molecule has 1 aliphatic heterocycles. The molecule has 0 spiro atoms. The van der Waals surface area contributed by atoms with Crippen molar-refractivity contribution in [2.75, 3.05) is 37.5 Å². The molecule has 1 aromatic carbocycles. The highest BCUT2D eigenvalue weighted by atomic mass is 16.5. The van der Waals surface area contributed by atoms with Crippen LogP contribution >= 0.6 is 0 Å². The fourth-order valence-electron chi connectivity index (χ4n) is 3.21. The Hall–Kier alpha value is -3.09. The molecule has 1 aromatic heterocycles. The zero-order valence-corrected chi connectivity index (χ0v) is 15.6. The standard InChI is InChI=1S/C20H24N4O3/c1-21-19(25)14-8-9-17(27-2)16(13-14)23-20(26)15-7-6-10-22-18(15)24-11-4-3-5-12-24/h6-10,13H,3-5,11-12H2,1-2H3,(H,21,25)(H,23,26). The van der Waals surface area contributed by atoms with Gasteiger partial charge in [-0.2, -0.15) is 0 Å². The topological polar surface area (TPSA) is 83.6 Å². The molecule has 0 aliphatic carbocycles. The van der Waals surface area contributed by atoms with Crippen molar-refractivity contribution in [1.82, 2.24) is 10.3 Å². The highest BCUT2D eigenvalue weighted by Crippen LogP contribution is 2.28. The molecule has 1 aliphatic rings. The molecule has 0 bridgehead atoms. The van der Waals surface area contributed by atoms with Crippen LogP contribution in [0.3, 0.4) is 0 Å². The molecule has 27 heavy (non-hydrogen) atoms. The van der Waals surface area contributed by atoms with Crippen LogP contribution in [0.5, 0.6) is 5.75 Å². The van der Waals surface area contributed by atoms with E-state index in [9.17, 15) is 9.59 Å². The highest BCUT2D eigenvalue weighted by Gasteiger charge is 2.21. The van der Waals surface area contributed by atoms with Crippen LogP contribution in [0.2, 0.25) is 0 Å². The number of hydrogen-bond acceptors (Lipinski definition) is 5. The number of hydrogen-bond donors (Lipinski definition) is 2. The summed E-state index contributed by atoms with van der Waals surface area (Å²) in [6.45, 7) is 1.79. The van der Waals surface area contributed by atoms with Gasteiger partial charge in [-0.25, -0.2) is 4.98 Å². The van der Waals surface area contributed by atoms with Crippen molar-refractivity contribution in [3.05, 3.63) is 47.7 Å². The van der Waals surface area contributed by atoms with Gasteiger partial charge in [-0.1, -0.05) is 0 Å². The lowest BCUT2D eigenvalue weighted by Gasteiger charge is -2.29. The van der Waals surface area contributed by atoms with Gasteiger partial charge in [-0.3, -0.25) is 9.59 Å². The van der Waals surface area contributed by atoms with E-state index in [1.54, 1.807) is 43.6 Å². The molecule has 2 aromatic rings. The van der Waals surface area contributed by atoms with Crippen LogP contribution in [0.4, 0.5) is 11.5 Å². The molecular formula is C20H24N4O3. The number of carbonyl (C=O) groups excluding carboxylic acids is 2. The average molecular weight is 368 g/mol. The number of ether oxygens (including phenoxy) is 1. The molecule has 1 fully saturated rings. The van der Waals surface area contributed by atoms with Crippen molar-refractivity contribution < 1.29 is 14.3 Å². The first kappa shape index (κ1) is 18.7. The summed E-state index contributed by atoms with van der Waals surface area (Å²) in [5.74, 6) is 0.662. The Morgan fingerprint density at radius 3 is 2.59 bits per heavy atom. The predicted octanol–water partition coefficient (Wildman–Crippen LogP) is 2.69. The van der Waals surface area contributed by atoms with Gasteiger partial charge >= 0.3 is 0 Å². The summed E-state index contributed by atoms with van der Waals surface area (Å²) in [4.78, 5) is 31.4. The van der Waals surface area contributed by atoms with E-state index in [2.05, 4.69) is 20.5 Å². The van der Waals surface area contributed by atoms with Gasteiger partial charge < -0.3 is 20.3 Å². The van der Waals surface area contributed by atoms with E-state index in [0.29, 0.717) is 28.4 Å². The Morgan fingerprint density at radius 2 is 1.89 bits per heavy atom. The van der Waals surface area contributed by atoms with Gasteiger partial charge in [0.2, 0.25) is 0 Å². The van der Waals surface area contributed by atoms with Crippen molar-refractivity contribution >= 4 is 23.3 Å². The van der Waals surface area contributed by atoms with E-state index >= 15 is 0 Å². The summed E-state index contributed by atoms with van der Waals surface area (Å²) in [5, 5.41) is 5.44. The monoisotopic (exact) mass is 368 g/mol. The average Bonchev–Trinajstić information content (AvgIpc) is 2.73. The summed E-state index contributed by atoms with van der Waals surface area (Å²) in [6, 6.07) is 8.43. The molecule has 3 rings (SSSR count). The van der Waals surface area contributed by atoms with Gasteiger partial charge in [-0.05, 0) is 49.6 Å². The van der Waals surface area contributed by atoms with Crippen LogP contribution < -0.4 is 20.3 Å². The summed E-state index contributed by atoms with van der Waals surface area (Å²) in [7, 11) is 3.08. The van der Waals surface area contributed by atoms with Crippen LogP contribution in [0.25, 0.3) is 0 Å². The maximum atomic E-state index is 13.0. The molecule has 7 nitrogen and oxygen atoms in total. The number of piperidine rings is 1. The normalized spacial score (nSPS) is 13.8. The predicted molar refractivity (Wildman–Crippen MR) is 105 cm³/mol. The fourth-order valence-corrected chi connectivity index (χ4v) is 3.21. The van der Waals surface area contributed by atoms with Gasteiger partial charge in [0.1, 0.15) is 11.6 Å². The molecule has 0 unspecified atom stereocenters. The van der Waals surface area contributed by atoms with Crippen LogP contribution in [-0.2, 0) is 0 Å². The number of pyridine rings is 1. The SMILES string of the molecule is CNC(=O)c1ccc(OC)c(NC(=O)c2cccnc2N2CCCCC2)c1. The summed E-state index contributed by atoms with van der Waals surface area (Å²) in [6.07, 6.45) is 5.10. The van der Waals surface area contributed by atoms with E-state index in [1.165, 1.54) is 13.5 Å². The van der Waals surface area contributed by atoms with E-state index in [1.807, 2.05) is 0 Å². The van der Waals surface area contributed by atoms with E-state index in [4.69, 9.17) is 4.74 Å². The van der Waals surface area contributed by atoms with Crippen molar-refractivity contribution in [3.8, 4) is 5.75 Å². The van der Waals surface area contributed by atoms with Gasteiger partial charge in [0.15, 0.2) is 0 Å². The largest absolute Gasteiger partial charge is 0.495 e. The lowest BCUT2D eigenvalue weighted by Crippen LogP contribution is -2.32. The minimum atomic E-state index is -0.281. The Bertz CT molecular complexity index is 832. The van der Waals surface area contributed by atoms with Crippen LogP contribution in [0, 0.1) is 0 Å². The summed E-state index contributed by atoms with van der Waals surface area (Å²) in [5.41, 5.74) is 1.39. The fraction of sp³-hybridized carbons (Fsp3) is 0.350. The van der Waals surface area contributed by atoms with Crippen LogP contribution in [0.15, 0.2) is 36.5 Å². The summed E-state index contributed by atoms with van der Waals surface area (Å²) >= 11 is 0. The van der Waals surface area contributed by atoms with Gasteiger partial charge in [0.25, 0.3) is 11.8 Å². The number of aromatic nitrogens is 1. The maximum Gasteiger partial charge on any atom is 0.259 e. The number of amides is 2. The second kappa shape index (κ2) is 8.53. The molecular weight excluding hydrogens is 344 g/mol. The molecule has 142 valence electrons. The molecule has 0 atom stereocenters. The summed E-state index contributed by atoms with van der Waals surface area (Å²) < 4.78 is 5.32. The van der Waals surface area contributed by atoms with Gasteiger partial charge in [-0.15, -0.1) is 0 Å². The van der Waals surface area contributed by atoms with Crippen molar-refractivity contribution in [3.63, 3.8) is 0 Å². The van der Waals surface area contributed by atoms with E-state index in [0.717, 1.165) is 25.9 Å². The van der Waals surface area contributed by atoms with Gasteiger partial charge in [0, 0.05) is 31.9 Å². The molecule has 1 saturated heterocycles. The lowest BCUT2D eigenvalue weighted by molar-refractivity contribution is 0.0961. The Labute approximate surface area is 158 Å². The number of carbonyl (C=O) groups is 2. The second-order valence-corrected chi connectivity index (χ2v) is 6.37. The Balaban J connectivity index is 1.88. The van der Waals surface area contributed by atoms with E-state index in [-0.39, 0.29) is 11.8 Å². The Kier molecular flexibility index (Phi) is 5.90. The number of nitrogens with zero attached hydrogens (tertiary/aromatic N) is 2. The van der Waals surface area contributed by atoms with Gasteiger partial charge in [0.05, 0.1) is 18.4 Å². The maximum absolute atomic E-state index is 13.0. The van der Waals surface area contributed by atoms with Crippen molar-refractivity contribution in [2.45, 2.75) is 19.3 Å². The number of methoxy groups -OCH3 is 1. The smallest absolute Gasteiger partial charge is 0.259 e. The second-order valence-electron chi connectivity index (χ2n) is 6.37. The number of nitrogens with one attached hydrogen (secondary N) is 2. The number of anilines is 2. The number of benzene rings is 1. The quantitative estimate of drug-likeness (QED) is 0.848. The first-order valence-corrected chi connectivity index (χ1v) is 9.05. The molecule has 2 N–H and O–H groups in total. The Morgan fingerprint density at radius 1 is 1.11 bits per heavy atom. The third kappa shape index (κ3) is 4.19. The van der Waals surface area contributed by atoms with E-state index < -0.39 is 0 Å². The van der Waals surface area contributed by atoms with Crippen molar-refractivity contribution in [2.24, 2.45) is 0 Å². The van der Waals surface area contributed by atoms with Crippen LogP contribution in [-0.4, -0.2) is 44.0 Å². The van der Waals surface area contributed by atoms with Crippen LogP contribution in [0.1, 0.15) is 40.0 Å². The zero-order chi connectivity index (χ0) is 19.2. The lowest BCUT2D eigenvalue weighted by atomic mass is 10.1. The molecule has 0 saturated carbocycles.